The number of nitrogens with zero attached hydrogens (tertiary/aromatic N) is 4. The Morgan fingerprint density at radius 2 is 2.17 bits per heavy atom. The lowest BCUT2D eigenvalue weighted by atomic mass is 10.0. The molecule has 1 aliphatic rings. The lowest BCUT2D eigenvalue weighted by Crippen LogP contribution is -2.34. The van der Waals surface area contributed by atoms with Crippen LogP contribution in [0, 0.1) is 5.82 Å². The van der Waals surface area contributed by atoms with E-state index in [-0.39, 0.29) is 17.3 Å². The van der Waals surface area contributed by atoms with E-state index in [2.05, 4.69) is 20.6 Å². The van der Waals surface area contributed by atoms with E-state index in [1.165, 1.54) is 12.1 Å². The van der Waals surface area contributed by atoms with Gasteiger partial charge in [-0.05, 0) is 23.6 Å². The maximum atomic E-state index is 14.3. The molecule has 1 atom stereocenters. The molecule has 0 spiro atoms. The number of halogens is 3. The molecule has 1 aromatic heterocycles. The fourth-order valence-corrected chi connectivity index (χ4v) is 2.79. The van der Waals surface area contributed by atoms with Gasteiger partial charge in [0.1, 0.15) is 11.9 Å². The van der Waals surface area contributed by atoms with Crippen molar-refractivity contribution < 1.29 is 18.0 Å². The number of rotatable bonds is 3. The van der Waals surface area contributed by atoms with Gasteiger partial charge in [0.15, 0.2) is 5.82 Å². The fourth-order valence-electron chi connectivity index (χ4n) is 2.79. The molecule has 1 amide bonds. The number of aromatic nitrogens is 4. The second kappa shape index (κ2) is 5.88. The topological polar surface area (TPSA) is 74.8 Å². The Bertz CT molecular complexity index is 748. The molecular formula is C15H16F3N5O. The van der Waals surface area contributed by atoms with Gasteiger partial charge in [0, 0.05) is 6.42 Å². The first-order valence-corrected chi connectivity index (χ1v) is 7.50. The van der Waals surface area contributed by atoms with Gasteiger partial charge in [-0.25, -0.2) is 13.2 Å². The lowest BCUT2D eigenvalue weighted by molar-refractivity contribution is 0.0117. The van der Waals surface area contributed by atoms with E-state index in [1.807, 2.05) is 13.8 Å². The number of aromatic amines is 1. The summed E-state index contributed by atoms with van der Waals surface area (Å²) in [7, 11) is 0. The second-order valence-electron chi connectivity index (χ2n) is 6.17. The molecule has 1 fully saturated rings. The van der Waals surface area contributed by atoms with Crippen molar-refractivity contribution in [3.05, 3.63) is 41.0 Å². The Morgan fingerprint density at radius 3 is 2.75 bits per heavy atom. The standard InChI is InChI=1S/C15H16F3N5O/c1-8(2)9-3-4-10(11(16)5-9)14(24)23-7-15(17,18)6-12(23)13-19-21-22-20-13/h3-5,8,12H,6-7H2,1-2H3,(H,19,20,21,22). The van der Waals surface area contributed by atoms with E-state index in [9.17, 15) is 18.0 Å². The van der Waals surface area contributed by atoms with Crippen LogP contribution in [0.15, 0.2) is 18.2 Å². The van der Waals surface area contributed by atoms with Crippen LogP contribution in [0.4, 0.5) is 13.2 Å². The summed E-state index contributed by atoms with van der Waals surface area (Å²) in [6, 6.07) is 3.17. The van der Waals surface area contributed by atoms with Crippen LogP contribution in [0.25, 0.3) is 0 Å². The minimum Gasteiger partial charge on any atom is -0.322 e. The molecule has 2 heterocycles. The smallest absolute Gasteiger partial charge is 0.267 e. The molecule has 0 saturated carbocycles. The number of H-pyrrole nitrogens is 1. The van der Waals surface area contributed by atoms with Crippen molar-refractivity contribution >= 4 is 5.91 Å². The molecule has 128 valence electrons. The number of carbonyl (C=O) groups excluding carboxylic acids is 1. The van der Waals surface area contributed by atoms with Gasteiger partial charge in [-0.1, -0.05) is 25.1 Å². The van der Waals surface area contributed by atoms with Crippen LogP contribution in [0.2, 0.25) is 0 Å². The van der Waals surface area contributed by atoms with Crippen LogP contribution in [0.3, 0.4) is 0 Å². The van der Waals surface area contributed by atoms with Gasteiger partial charge in [-0.2, -0.15) is 5.21 Å². The lowest BCUT2D eigenvalue weighted by Gasteiger charge is -2.22. The van der Waals surface area contributed by atoms with Gasteiger partial charge in [-0.3, -0.25) is 4.79 Å². The molecule has 0 aliphatic carbocycles. The molecule has 1 aliphatic heterocycles. The van der Waals surface area contributed by atoms with Crippen molar-refractivity contribution in [1.82, 2.24) is 25.5 Å². The molecule has 9 heteroatoms. The number of tetrazole rings is 1. The third-order valence-corrected chi connectivity index (χ3v) is 4.08. The third kappa shape index (κ3) is 2.98. The predicted octanol–water partition coefficient (Wildman–Crippen LogP) is 2.68. The first-order chi connectivity index (χ1) is 11.3. The summed E-state index contributed by atoms with van der Waals surface area (Å²) >= 11 is 0. The first kappa shape index (κ1) is 16.4. The molecule has 0 bridgehead atoms. The highest BCUT2D eigenvalue weighted by atomic mass is 19.3. The number of benzene rings is 1. The first-order valence-electron chi connectivity index (χ1n) is 7.50. The van der Waals surface area contributed by atoms with Crippen LogP contribution < -0.4 is 0 Å². The van der Waals surface area contributed by atoms with Gasteiger partial charge < -0.3 is 4.90 Å². The highest BCUT2D eigenvalue weighted by Gasteiger charge is 2.49. The highest BCUT2D eigenvalue weighted by Crippen LogP contribution is 2.40. The van der Waals surface area contributed by atoms with Crippen molar-refractivity contribution in [2.45, 2.75) is 38.2 Å². The number of carbonyl (C=O) groups is 1. The van der Waals surface area contributed by atoms with E-state index in [1.54, 1.807) is 6.07 Å². The Balaban J connectivity index is 1.93. The number of likely N-dealkylation sites (tertiary alicyclic amines) is 1. The van der Waals surface area contributed by atoms with E-state index in [0.29, 0.717) is 0 Å². The SMILES string of the molecule is CC(C)c1ccc(C(=O)N2CC(F)(F)CC2c2nn[nH]n2)c(F)c1. The third-order valence-electron chi connectivity index (χ3n) is 4.08. The summed E-state index contributed by atoms with van der Waals surface area (Å²) in [5.41, 5.74) is 0.483. The molecule has 1 N–H and O–H groups in total. The summed E-state index contributed by atoms with van der Waals surface area (Å²) < 4.78 is 41.9. The zero-order valence-corrected chi connectivity index (χ0v) is 13.1. The van der Waals surface area contributed by atoms with Crippen LogP contribution >= 0.6 is 0 Å². The number of nitrogens with one attached hydrogen (secondary N) is 1. The van der Waals surface area contributed by atoms with E-state index < -0.39 is 36.7 Å². The monoisotopic (exact) mass is 339 g/mol. The fraction of sp³-hybridized carbons (Fsp3) is 0.467. The number of hydrogen-bond acceptors (Lipinski definition) is 4. The minimum absolute atomic E-state index is 0.0141. The average Bonchev–Trinajstić information content (AvgIpc) is 3.13. The van der Waals surface area contributed by atoms with Crippen molar-refractivity contribution in [2.24, 2.45) is 0 Å². The summed E-state index contributed by atoms with van der Waals surface area (Å²) in [6.45, 7) is 2.98. The molecule has 1 aromatic carbocycles. The molecule has 24 heavy (non-hydrogen) atoms. The van der Waals surface area contributed by atoms with Gasteiger partial charge in [0.2, 0.25) is 0 Å². The Kier molecular flexibility index (Phi) is 4.02. The zero-order valence-electron chi connectivity index (χ0n) is 13.1. The van der Waals surface area contributed by atoms with E-state index in [4.69, 9.17) is 0 Å². The minimum atomic E-state index is -3.09. The summed E-state index contributed by atoms with van der Waals surface area (Å²) in [5.74, 6) is -4.55. The van der Waals surface area contributed by atoms with Gasteiger partial charge in [0.25, 0.3) is 11.8 Å². The Morgan fingerprint density at radius 1 is 1.42 bits per heavy atom. The van der Waals surface area contributed by atoms with Crippen LogP contribution in [0.1, 0.15) is 54.0 Å². The molecule has 3 rings (SSSR count). The van der Waals surface area contributed by atoms with Crippen molar-refractivity contribution in [3.8, 4) is 0 Å². The number of hydrogen-bond donors (Lipinski definition) is 1. The average molecular weight is 339 g/mol. The molecule has 1 saturated heterocycles. The summed E-state index contributed by atoms with van der Waals surface area (Å²) in [6.07, 6.45) is -0.621. The predicted molar refractivity (Wildman–Crippen MR) is 78.0 cm³/mol. The van der Waals surface area contributed by atoms with E-state index in [0.717, 1.165) is 10.5 Å². The van der Waals surface area contributed by atoms with Crippen LogP contribution in [-0.4, -0.2) is 43.9 Å². The quantitative estimate of drug-likeness (QED) is 0.933. The largest absolute Gasteiger partial charge is 0.322 e. The van der Waals surface area contributed by atoms with Gasteiger partial charge >= 0.3 is 0 Å². The van der Waals surface area contributed by atoms with Crippen molar-refractivity contribution in [1.29, 1.82) is 0 Å². The number of alkyl halides is 2. The van der Waals surface area contributed by atoms with Gasteiger partial charge in [0.05, 0.1) is 12.1 Å². The Labute approximate surface area is 136 Å². The molecule has 2 aromatic rings. The molecular weight excluding hydrogens is 323 g/mol. The highest BCUT2D eigenvalue weighted by molar-refractivity contribution is 5.95. The molecule has 6 nitrogen and oxygen atoms in total. The number of amides is 1. The zero-order chi connectivity index (χ0) is 17.5. The summed E-state index contributed by atoms with van der Waals surface area (Å²) in [5, 5.41) is 12.9. The van der Waals surface area contributed by atoms with Crippen molar-refractivity contribution in [2.75, 3.05) is 6.54 Å². The van der Waals surface area contributed by atoms with Crippen LogP contribution in [0.5, 0.6) is 0 Å². The second-order valence-corrected chi connectivity index (χ2v) is 6.17. The van der Waals surface area contributed by atoms with E-state index >= 15 is 0 Å². The normalized spacial score (nSPS) is 19.9. The van der Waals surface area contributed by atoms with Crippen molar-refractivity contribution in [3.63, 3.8) is 0 Å². The van der Waals surface area contributed by atoms with Crippen LogP contribution in [-0.2, 0) is 0 Å². The van der Waals surface area contributed by atoms with Gasteiger partial charge in [-0.15, -0.1) is 10.2 Å². The summed E-state index contributed by atoms with van der Waals surface area (Å²) in [4.78, 5) is 13.5. The molecule has 0 radical (unpaired) electrons. The molecule has 1 unspecified atom stereocenters. The Hall–Kier alpha value is -2.45. The maximum Gasteiger partial charge on any atom is 0.267 e. The maximum absolute atomic E-state index is 14.3.